The third-order valence-electron chi connectivity index (χ3n) is 7.14. The number of rotatable bonds is 8. The molecule has 0 spiro atoms. The van der Waals surface area contributed by atoms with E-state index >= 15 is 0 Å². The van der Waals surface area contributed by atoms with Crippen LogP contribution in [0.5, 0.6) is 0 Å². The highest BCUT2D eigenvalue weighted by atomic mass is 16.2. The maximum Gasteiger partial charge on any atom is 0.237 e. The second-order valence-corrected chi connectivity index (χ2v) is 9.25. The van der Waals surface area contributed by atoms with Crippen molar-refractivity contribution in [2.24, 2.45) is 11.8 Å². The van der Waals surface area contributed by atoms with Crippen LogP contribution in [0.2, 0.25) is 0 Å². The smallest absolute Gasteiger partial charge is 0.237 e. The van der Waals surface area contributed by atoms with Gasteiger partial charge in [-0.2, -0.15) is 0 Å². The zero-order chi connectivity index (χ0) is 20.2. The first-order chi connectivity index (χ1) is 14.1. The molecule has 4 fully saturated rings. The number of carbonyl (C=O) groups excluding carboxylic acids is 3. The Labute approximate surface area is 174 Å². The van der Waals surface area contributed by atoms with Gasteiger partial charge in [-0.15, -0.1) is 0 Å². The van der Waals surface area contributed by atoms with Crippen molar-refractivity contribution in [3.05, 3.63) is 0 Å². The van der Waals surface area contributed by atoms with E-state index in [0.29, 0.717) is 24.8 Å². The molecular formula is C22H36N4O3. The molecule has 2 aliphatic heterocycles. The molecule has 2 saturated heterocycles. The van der Waals surface area contributed by atoms with Gasteiger partial charge in [0.15, 0.2) is 0 Å². The van der Waals surface area contributed by atoms with Gasteiger partial charge in [0.2, 0.25) is 17.7 Å². The van der Waals surface area contributed by atoms with Crippen LogP contribution in [0.1, 0.15) is 57.8 Å². The normalized spacial score (nSPS) is 24.9. The van der Waals surface area contributed by atoms with Crippen molar-refractivity contribution in [1.29, 1.82) is 0 Å². The molecule has 3 amide bonds. The van der Waals surface area contributed by atoms with Gasteiger partial charge in [-0.3, -0.25) is 19.3 Å². The van der Waals surface area contributed by atoms with Crippen LogP contribution in [-0.4, -0.2) is 84.3 Å². The van der Waals surface area contributed by atoms with Gasteiger partial charge in [0.1, 0.15) is 0 Å². The quantitative estimate of drug-likeness (QED) is 0.618. The number of hydrogen-bond donors (Lipinski definition) is 1. The van der Waals surface area contributed by atoms with Crippen LogP contribution >= 0.6 is 0 Å². The van der Waals surface area contributed by atoms with E-state index in [2.05, 4.69) is 10.2 Å². The first kappa shape index (κ1) is 20.6. The summed E-state index contributed by atoms with van der Waals surface area (Å²) >= 11 is 0. The fraction of sp³-hybridized carbons (Fsp3) is 0.864. The van der Waals surface area contributed by atoms with Gasteiger partial charge in [0, 0.05) is 58.2 Å². The number of nitrogens with one attached hydrogen (secondary N) is 1. The Hall–Kier alpha value is -1.63. The minimum atomic E-state index is -0.0657. The summed E-state index contributed by atoms with van der Waals surface area (Å²) in [6, 6.07) is -0.0657. The Kier molecular flexibility index (Phi) is 6.73. The van der Waals surface area contributed by atoms with Crippen molar-refractivity contribution >= 4 is 17.7 Å². The fourth-order valence-corrected chi connectivity index (χ4v) is 5.29. The molecule has 162 valence electrons. The standard InChI is InChI=1S/C22H36N4O3/c27-19-7-3-11-24(19)12-4-10-23-21(28)20(17-5-1-2-6-17)25-13-15-26(16-14-25)22(29)18-8-9-18/h17-18,20H,1-16H2,(H,23,28). The average molecular weight is 405 g/mol. The second-order valence-electron chi connectivity index (χ2n) is 9.25. The van der Waals surface area contributed by atoms with Crippen molar-refractivity contribution in [1.82, 2.24) is 20.0 Å². The van der Waals surface area contributed by atoms with E-state index in [4.69, 9.17) is 0 Å². The van der Waals surface area contributed by atoms with E-state index in [1.807, 2.05) is 9.80 Å². The van der Waals surface area contributed by atoms with E-state index in [9.17, 15) is 14.4 Å². The van der Waals surface area contributed by atoms with Gasteiger partial charge in [0.25, 0.3) is 0 Å². The van der Waals surface area contributed by atoms with E-state index in [1.165, 1.54) is 12.8 Å². The lowest BCUT2D eigenvalue weighted by molar-refractivity contribution is -0.136. The molecule has 29 heavy (non-hydrogen) atoms. The van der Waals surface area contributed by atoms with E-state index < -0.39 is 0 Å². The lowest BCUT2D eigenvalue weighted by Crippen LogP contribution is -2.58. The molecule has 4 rings (SSSR count). The Morgan fingerprint density at radius 1 is 0.966 bits per heavy atom. The van der Waals surface area contributed by atoms with Crippen LogP contribution < -0.4 is 5.32 Å². The largest absolute Gasteiger partial charge is 0.355 e. The van der Waals surface area contributed by atoms with Gasteiger partial charge in [-0.25, -0.2) is 0 Å². The number of piperazine rings is 1. The summed E-state index contributed by atoms with van der Waals surface area (Å²) in [7, 11) is 0. The summed E-state index contributed by atoms with van der Waals surface area (Å²) in [5, 5.41) is 3.16. The molecule has 1 unspecified atom stereocenters. The van der Waals surface area contributed by atoms with Crippen molar-refractivity contribution in [3.63, 3.8) is 0 Å². The number of nitrogens with zero attached hydrogens (tertiary/aromatic N) is 3. The molecule has 2 aliphatic carbocycles. The summed E-state index contributed by atoms with van der Waals surface area (Å²) in [6.07, 6.45) is 9.23. The maximum atomic E-state index is 13.1. The molecule has 4 aliphatic rings. The summed E-state index contributed by atoms with van der Waals surface area (Å²) in [5.41, 5.74) is 0. The van der Waals surface area contributed by atoms with E-state index in [1.54, 1.807) is 0 Å². The second kappa shape index (κ2) is 9.45. The molecule has 2 heterocycles. The molecule has 0 aromatic heterocycles. The van der Waals surface area contributed by atoms with E-state index in [0.717, 1.165) is 77.8 Å². The fourth-order valence-electron chi connectivity index (χ4n) is 5.29. The SMILES string of the molecule is O=C(NCCCN1CCCC1=O)C(C1CCCC1)N1CCN(C(=O)C2CC2)CC1. The van der Waals surface area contributed by atoms with Gasteiger partial charge in [-0.1, -0.05) is 12.8 Å². The average Bonchev–Trinajstić information content (AvgIpc) is 3.30. The molecule has 0 bridgehead atoms. The molecule has 0 aromatic rings. The van der Waals surface area contributed by atoms with Gasteiger partial charge < -0.3 is 15.1 Å². The zero-order valence-electron chi connectivity index (χ0n) is 17.6. The summed E-state index contributed by atoms with van der Waals surface area (Å²) < 4.78 is 0. The van der Waals surface area contributed by atoms with Gasteiger partial charge in [0.05, 0.1) is 6.04 Å². The van der Waals surface area contributed by atoms with Crippen LogP contribution in [0.4, 0.5) is 0 Å². The molecule has 2 saturated carbocycles. The number of amides is 3. The highest BCUT2D eigenvalue weighted by Crippen LogP contribution is 2.33. The minimum Gasteiger partial charge on any atom is -0.355 e. The van der Waals surface area contributed by atoms with E-state index in [-0.39, 0.29) is 23.8 Å². The maximum absolute atomic E-state index is 13.1. The highest BCUT2D eigenvalue weighted by Gasteiger charge is 2.39. The topological polar surface area (TPSA) is 73.0 Å². The molecular weight excluding hydrogens is 368 g/mol. The van der Waals surface area contributed by atoms with Crippen molar-refractivity contribution in [2.75, 3.05) is 45.8 Å². The predicted molar refractivity (Wildman–Crippen MR) is 110 cm³/mol. The van der Waals surface area contributed by atoms with Crippen molar-refractivity contribution in [3.8, 4) is 0 Å². The summed E-state index contributed by atoms with van der Waals surface area (Å²) in [6.45, 7) is 5.35. The molecule has 1 N–H and O–H groups in total. The molecule has 1 atom stereocenters. The van der Waals surface area contributed by atoms with Crippen LogP contribution in [-0.2, 0) is 14.4 Å². The minimum absolute atomic E-state index is 0.0657. The summed E-state index contributed by atoms with van der Waals surface area (Å²) in [4.78, 5) is 43.4. The lowest BCUT2D eigenvalue weighted by Gasteiger charge is -2.41. The molecule has 7 heteroatoms. The van der Waals surface area contributed by atoms with Crippen LogP contribution in [0, 0.1) is 11.8 Å². The number of hydrogen-bond acceptors (Lipinski definition) is 4. The molecule has 7 nitrogen and oxygen atoms in total. The number of likely N-dealkylation sites (tertiary alicyclic amines) is 1. The lowest BCUT2D eigenvalue weighted by atomic mass is 9.95. The van der Waals surface area contributed by atoms with Crippen LogP contribution in [0.3, 0.4) is 0 Å². The Balaban J connectivity index is 1.26. The predicted octanol–water partition coefficient (Wildman–Crippen LogP) is 1.23. The van der Waals surface area contributed by atoms with Gasteiger partial charge >= 0.3 is 0 Å². The van der Waals surface area contributed by atoms with Gasteiger partial charge in [-0.05, 0) is 44.4 Å². The third-order valence-corrected chi connectivity index (χ3v) is 7.14. The third kappa shape index (κ3) is 5.11. The summed E-state index contributed by atoms with van der Waals surface area (Å²) in [5.74, 6) is 1.42. The number of carbonyl (C=O) groups is 3. The Morgan fingerprint density at radius 2 is 1.69 bits per heavy atom. The highest BCUT2D eigenvalue weighted by molar-refractivity contribution is 5.83. The Morgan fingerprint density at radius 3 is 2.31 bits per heavy atom. The first-order valence-corrected chi connectivity index (χ1v) is 11.7. The van der Waals surface area contributed by atoms with Crippen LogP contribution in [0.25, 0.3) is 0 Å². The molecule has 0 aromatic carbocycles. The first-order valence-electron chi connectivity index (χ1n) is 11.7. The molecule has 0 radical (unpaired) electrons. The Bertz CT molecular complexity index is 607. The zero-order valence-corrected chi connectivity index (χ0v) is 17.6. The monoisotopic (exact) mass is 404 g/mol. The van der Waals surface area contributed by atoms with Crippen molar-refractivity contribution in [2.45, 2.75) is 63.8 Å². The van der Waals surface area contributed by atoms with Crippen LogP contribution in [0.15, 0.2) is 0 Å². The van der Waals surface area contributed by atoms with Crippen molar-refractivity contribution < 1.29 is 14.4 Å².